The first-order chi connectivity index (χ1) is 28.8. The molecule has 1 rings (SSSR count). The van der Waals surface area contributed by atoms with Crippen LogP contribution >= 0.6 is 36.1 Å². The molecule has 19 nitrogen and oxygen atoms in total. The van der Waals surface area contributed by atoms with Crippen LogP contribution in [0, 0.1) is 0 Å². The molecule has 8 N–H and O–H groups in total. The summed E-state index contributed by atoms with van der Waals surface area (Å²) in [6.07, 6.45) is 8.30. The van der Waals surface area contributed by atoms with Gasteiger partial charge in [0.25, 0.3) is 0 Å². The maximum absolute atomic E-state index is 13.1. The molecule has 1 aliphatic rings. The molecule has 362 valence electrons. The number of thiol groups is 1. The van der Waals surface area contributed by atoms with Crippen molar-refractivity contribution < 1.29 is 90.6 Å². The molecule has 0 aromatic carbocycles. The van der Waals surface area contributed by atoms with Gasteiger partial charge in [0.2, 0.25) is 0 Å². The Hall–Kier alpha value is -0.500. The molecule has 0 spiro atoms. The number of phosphoric ester groups is 3. The summed E-state index contributed by atoms with van der Waals surface area (Å²) in [5.41, 5.74) is 0. The third-order valence-corrected chi connectivity index (χ3v) is 12.6. The second-order valence-electron chi connectivity index (χ2n) is 15.7. The lowest BCUT2D eigenvalue weighted by Gasteiger charge is -2.44. The fourth-order valence-corrected chi connectivity index (χ4v) is 9.25. The monoisotopic (exact) mass is 960 g/mol. The van der Waals surface area contributed by atoms with Gasteiger partial charge in [-0.1, -0.05) is 135 Å². The third-order valence-electron chi connectivity index (χ3n) is 10.2. The Morgan fingerprint density at radius 3 is 1.23 bits per heavy atom. The average molecular weight is 961 g/mol. The Labute approximate surface area is 366 Å². The molecular weight excluding hydrogens is 885 g/mol. The smallest absolute Gasteiger partial charge is 0.462 e. The second kappa shape index (κ2) is 33.0. The highest BCUT2D eigenvalue weighted by atomic mass is 32.1. The van der Waals surface area contributed by atoms with Gasteiger partial charge in [0.05, 0.1) is 6.61 Å². The van der Waals surface area contributed by atoms with Gasteiger partial charge in [-0.3, -0.25) is 27.7 Å². The molecule has 1 aliphatic carbocycles. The van der Waals surface area contributed by atoms with Crippen molar-refractivity contribution in [3.05, 3.63) is 0 Å². The van der Waals surface area contributed by atoms with Gasteiger partial charge < -0.3 is 49.3 Å². The Morgan fingerprint density at radius 2 is 0.852 bits per heavy atom. The van der Waals surface area contributed by atoms with Gasteiger partial charge in [-0.05, 0) is 25.0 Å². The molecule has 0 amide bonds. The number of carbonyl (C=O) groups excluding carboxylic acids is 2. The van der Waals surface area contributed by atoms with E-state index in [1.165, 1.54) is 64.2 Å². The minimum Gasteiger partial charge on any atom is -0.462 e. The summed E-state index contributed by atoms with van der Waals surface area (Å²) in [5.74, 6) is -0.407. The molecule has 8 atom stereocenters. The maximum Gasteiger partial charge on any atom is 0.472 e. The first-order valence-corrected chi connectivity index (χ1v) is 27.1. The lowest BCUT2D eigenvalue weighted by molar-refractivity contribution is -0.213. The van der Waals surface area contributed by atoms with Crippen molar-refractivity contribution in [2.45, 2.75) is 210 Å². The molecule has 1 fully saturated rings. The van der Waals surface area contributed by atoms with E-state index in [1.54, 1.807) is 0 Å². The van der Waals surface area contributed by atoms with E-state index in [0.29, 0.717) is 12.8 Å². The van der Waals surface area contributed by atoms with Crippen LogP contribution in [0.4, 0.5) is 0 Å². The quantitative estimate of drug-likeness (QED) is 0.0135. The number of hydrogen-bond donors (Lipinski definition) is 9. The lowest BCUT2D eigenvalue weighted by Crippen LogP contribution is -2.65. The molecule has 61 heavy (non-hydrogen) atoms. The van der Waals surface area contributed by atoms with Gasteiger partial charge in [0.15, 0.2) is 6.10 Å². The topological polar surface area (TPSA) is 303 Å². The number of ether oxygens (including phenoxy) is 2. The van der Waals surface area contributed by atoms with Crippen LogP contribution in [0.1, 0.15) is 167 Å². The number of esters is 2. The van der Waals surface area contributed by atoms with E-state index in [9.17, 15) is 63.1 Å². The van der Waals surface area contributed by atoms with Gasteiger partial charge in [0, 0.05) is 12.8 Å². The number of aliphatic hydroxyl groups excluding tert-OH is 3. The van der Waals surface area contributed by atoms with E-state index < -0.39 is 91.3 Å². The summed E-state index contributed by atoms with van der Waals surface area (Å²) < 4.78 is 65.3. The van der Waals surface area contributed by atoms with Gasteiger partial charge in [-0.15, -0.1) is 0 Å². The van der Waals surface area contributed by atoms with Gasteiger partial charge >= 0.3 is 35.4 Å². The molecule has 0 heterocycles. The summed E-state index contributed by atoms with van der Waals surface area (Å²) in [5, 5.41) is 31.8. The summed E-state index contributed by atoms with van der Waals surface area (Å²) >= 11 is 4.22. The zero-order valence-corrected chi connectivity index (χ0v) is 39.3. The van der Waals surface area contributed by atoms with E-state index >= 15 is 0 Å². The summed E-state index contributed by atoms with van der Waals surface area (Å²) in [4.78, 5) is 73.0. The molecular formula is C38H75O19P3S. The van der Waals surface area contributed by atoms with Crippen LogP contribution in [-0.4, -0.2) is 113 Å². The van der Waals surface area contributed by atoms with Crippen molar-refractivity contribution in [3.8, 4) is 0 Å². The Bertz CT molecular complexity index is 1280. The van der Waals surface area contributed by atoms with Crippen LogP contribution in [0.25, 0.3) is 0 Å². The number of hydrogen-bond acceptors (Lipinski definition) is 15. The molecule has 4 unspecified atom stereocenters. The van der Waals surface area contributed by atoms with E-state index in [4.69, 9.17) is 18.5 Å². The molecule has 1 saturated carbocycles. The molecule has 0 saturated heterocycles. The van der Waals surface area contributed by atoms with Crippen molar-refractivity contribution in [1.82, 2.24) is 0 Å². The van der Waals surface area contributed by atoms with Gasteiger partial charge in [-0.25, -0.2) is 13.7 Å². The van der Waals surface area contributed by atoms with E-state index in [2.05, 4.69) is 28.6 Å². The molecule has 0 aromatic rings. The standard InChI is InChI=1S/C38H75O19P3S/c1-2-3-4-5-6-7-8-9-10-14-17-20-23-26-32(40)54-30(28-52-31(39)25-22-19-16-13-11-12-15-18-21-24-27-61)29-53-60(50,51)57-38-34(42)36(55-58(44,45)46)33(41)37(35(38)43)56-59(47,48)49/h30,33-38,41-43,61H,2-29H2,1H3,(H,50,51)(H2,44,45,46)(H2,47,48,49)/t30-,33?,34-,35?,36-,37+,38?/m1/s1. The predicted octanol–water partition coefficient (Wildman–Crippen LogP) is 6.70. The molecule has 0 radical (unpaired) electrons. The molecule has 0 aliphatic heterocycles. The number of phosphoric acid groups is 3. The number of carbonyl (C=O) groups is 2. The Kier molecular flexibility index (Phi) is 31.7. The van der Waals surface area contributed by atoms with Crippen LogP contribution in [0.2, 0.25) is 0 Å². The van der Waals surface area contributed by atoms with Crippen molar-refractivity contribution in [2.24, 2.45) is 0 Å². The van der Waals surface area contributed by atoms with Crippen molar-refractivity contribution in [1.29, 1.82) is 0 Å². The fourth-order valence-electron chi connectivity index (χ4n) is 6.92. The zero-order chi connectivity index (χ0) is 45.7. The molecule has 0 aromatic heterocycles. The van der Waals surface area contributed by atoms with E-state index in [0.717, 1.165) is 76.4 Å². The Morgan fingerprint density at radius 1 is 0.508 bits per heavy atom. The summed E-state index contributed by atoms with van der Waals surface area (Å²) in [7, 11) is -16.6. The highest BCUT2D eigenvalue weighted by Gasteiger charge is 2.56. The van der Waals surface area contributed by atoms with Gasteiger partial charge in [-0.2, -0.15) is 12.6 Å². The maximum atomic E-state index is 13.1. The highest BCUT2D eigenvalue weighted by Crippen LogP contribution is 2.51. The largest absolute Gasteiger partial charge is 0.472 e. The fraction of sp³-hybridized carbons (Fsp3) is 0.947. The number of rotatable bonds is 38. The zero-order valence-electron chi connectivity index (χ0n) is 35.7. The van der Waals surface area contributed by atoms with E-state index in [-0.39, 0.29) is 12.8 Å². The summed E-state index contributed by atoms with van der Waals surface area (Å²) in [6, 6.07) is 0. The summed E-state index contributed by atoms with van der Waals surface area (Å²) in [6.45, 7) is 0.699. The minimum absolute atomic E-state index is 0.00411. The van der Waals surface area contributed by atoms with E-state index in [1.807, 2.05) is 0 Å². The normalized spacial score (nSPS) is 22.5. The number of aliphatic hydroxyl groups is 3. The lowest BCUT2D eigenvalue weighted by atomic mass is 9.85. The van der Waals surface area contributed by atoms with Crippen LogP contribution < -0.4 is 0 Å². The molecule has 23 heteroatoms. The van der Waals surface area contributed by atoms with Crippen molar-refractivity contribution in [3.63, 3.8) is 0 Å². The molecule has 0 bridgehead atoms. The predicted molar refractivity (Wildman–Crippen MR) is 228 cm³/mol. The van der Waals surface area contributed by atoms with Crippen molar-refractivity contribution >= 4 is 48.0 Å². The van der Waals surface area contributed by atoms with Crippen LogP contribution in [0.15, 0.2) is 0 Å². The highest BCUT2D eigenvalue weighted by molar-refractivity contribution is 7.80. The first kappa shape index (κ1) is 58.5. The van der Waals surface area contributed by atoms with Gasteiger partial charge in [0.1, 0.15) is 43.2 Å². The van der Waals surface area contributed by atoms with Crippen molar-refractivity contribution in [2.75, 3.05) is 19.0 Å². The minimum atomic E-state index is -5.54. The Balaban J connectivity index is 2.79. The second-order valence-corrected chi connectivity index (χ2v) is 20.0. The number of unbranched alkanes of at least 4 members (excludes halogenated alkanes) is 21. The van der Waals surface area contributed by atoms with Crippen LogP contribution in [0.5, 0.6) is 0 Å². The average Bonchev–Trinajstić information content (AvgIpc) is 3.18. The first-order valence-electron chi connectivity index (χ1n) is 21.9. The van der Waals surface area contributed by atoms with Crippen LogP contribution in [0.3, 0.4) is 0 Å². The van der Waals surface area contributed by atoms with Crippen LogP contribution in [-0.2, 0) is 50.9 Å². The third kappa shape index (κ3) is 29.6. The SMILES string of the molecule is CCCCCCCCCCCCCCCC(=O)O[C@H](COC(=O)CCCCCCCCCCCCS)COP(=O)(O)OC1C(O)[C@@H](OP(=O)(O)O)C(O)[C@@H](OP(=O)(O)O)[C@H]1O.